The average molecular weight is 312 g/mol. The molecular formula is C9H14BrNO2S2. The van der Waals surface area contributed by atoms with Crippen molar-refractivity contribution in [3.63, 3.8) is 0 Å². The molecule has 1 aromatic rings. The predicted octanol–water partition coefficient (Wildman–Crippen LogP) is 2.28. The van der Waals surface area contributed by atoms with Gasteiger partial charge in [-0.3, -0.25) is 0 Å². The van der Waals surface area contributed by atoms with Crippen LogP contribution in [0.4, 0.5) is 0 Å². The van der Waals surface area contributed by atoms with Gasteiger partial charge in [-0.1, -0.05) is 6.92 Å². The van der Waals surface area contributed by atoms with Crippen LogP contribution in [-0.4, -0.2) is 27.3 Å². The van der Waals surface area contributed by atoms with Crippen LogP contribution in [0.15, 0.2) is 20.1 Å². The fourth-order valence-corrected chi connectivity index (χ4v) is 5.31. The summed E-state index contributed by atoms with van der Waals surface area (Å²) in [5.41, 5.74) is 0. The summed E-state index contributed by atoms with van der Waals surface area (Å²) in [6, 6.07) is 3.42. The Morgan fingerprint density at radius 3 is 2.60 bits per heavy atom. The summed E-state index contributed by atoms with van der Waals surface area (Å²) < 4.78 is 25.5. The number of rotatable bonds is 5. The van der Waals surface area contributed by atoms with Crippen LogP contribution in [0.25, 0.3) is 0 Å². The lowest BCUT2D eigenvalue weighted by atomic mass is 10.3. The van der Waals surface area contributed by atoms with Gasteiger partial charge in [0.25, 0.3) is 0 Å². The van der Waals surface area contributed by atoms with Crippen molar-refractivity contribution in [1.82, 2.24) is 5.32 Å². The van der Waals surface area contributed by atoms with Gasteiger partial charge < -0.3 is 5.32 Å². The maximum Gasteiger partial charge on any atom is 0.191 e. The van der Waals surface area contributed by atoms with E-state index in [1.165, 1.54) is 11.3 Å². The third-order valence-corrected chi connectivity index (χ3v) is 6.59. The van der Waals surface area contributed by atoms with Crippen LogP contribution < -0.4 is 5.32 Å². The van der Waals surface area contributed by atoms with E-state index < -0.39 is 9.84 Å². The van der Waals surface area contributed by atoms with Crippen molar-refractivity contribution in [1.29, 1.82) is 0 Å². The van der Waals surface area contributed by atoms with E-state index in [0.717, 1.165) is 3.79 Å². The fourth-order valence-electron chi connectivity index (χ4n) is 1.32. The average Bonchev–Trinajstić information content (AvgIpc) is 2.61. The highest BCUT2D eigenvalue weighted by atomic mass is 79.9. The van der Waals surface area contributed by atoms with Gasteiger partial charge in [-0.05, 0) is 41.5 Å². The Hall–Kier alpha value is 0.0900. The summed E-state index contributed by atoms with van der Waals surface area (Å²) in [6.45, 7) is 2.39. The van der Waals surface area contributed by atoms with E-state index in [2.05, 4.69) is 21.2 Å². The Morgan fingerprint density at radius 2 is 2.20 bits per heavy atom. The second kappa shape index (κ2) is 5.43. The lowest BCUT2D eigenvalue weighted by Crippen LogP contribution is -2.30. The normalized spacial score (nSPS) is 14.1. The molecular weight excluding hydrogens is 298 g/mol. The standard InChI is InChI=1S/C9H14BrNO2S2/c1-3-7(6-11-2)15(12,13)9-5-4-8(10)14-9/h4-5,7,11H,3,6H2,1-2H3. The zero-order valence-electron chi connectivity index (χ0n) is 8.66. The molecule has 0 amide bonds. The Balaban J connectivity index is 3.00. The van der Waals surface area contributed by atoms with Crippen molar-refractivity contribution in [2.24, 2.45) is 0 Å². The van der Waals surface area contributed by atoms with Crippen LogP contribution in [0.5, 0.6) is 0 Å². The molecule has 15 heavy (non-hydrogen) atoms. The first kappa shape index (κ1) is 13.2. The summed E-state index contributed by atoms with van der Waals surface area (Å²) in [5, 5.41) is 2.58. The summed E-state index contributed by atoms with van der Waals surface area (Å²) >= 11 is 4.54. The summed E-state index contributed by atoms with van der Waals surface area (Å²) in [4.78, 5) is 0. The molecule has 0 spiro atoms. The van der Waals surface area contributed by atoms with Crippen molar-refractivity contribution < 1.29 is 8.42 Å². The molecule has 0 saturated carbocycles. The number of nitrogens with one attached hydrogen (secondary N) is 1. The summed E-state index contributed by atoms with van der Waals surface area (Å²) in [7, 11) is -1.40. The van der Waals surface area contributed by atoms with Gasteiger partial charge in [0, 0.05) is 6.54 Å². The molecule has 1 aromatic heterocycles. The van der Waals surface area contributed by atoms with Crippen LogP contribution in [0.1, 0.15) is 13.3 Å². The van der Waals surface area contributed by atoms with Crippen molar-refractivity contribution in [3.8, 4) is 0 Å². The zero-order valence-corrected chi connectivity index (χ0v) is 11.9. The van der Waals surface area contributed by atoms with Crippen LogP contribution in [0.2, 0.25) is 0 Å². The number of thiophene rings is 1. The molecule has 1 N–H and O–H groups in total. The Kier molecular flexibility index (Phi) is 4.76. The van der Waals surface area contributed by atoms with Crippen LogP contribution in [0, 0.1) is 0 Å². The van der Waals surface area contributed by atoms with Crippen LogP contribution in [0.3, 0.4) is 0 Å². The van der Waals surface area contributed by atoms with Crippen LogP contribution >= 0.6 is 27.3 Å². The van der Waals surface area contributed by atoms with Gasteiger partial charge in [-0.15, -0.1) is 11.3 Å². The van der Waals surface area contributed by atoms with Crippen molar-refractivity contribution in [3.05, 3.63) is 15.9 Å². The van der Waals surface area contributed by atoms with Gasteiger partial charge in [0.05, 0.1) is 9.04 Å². The third kappa shape index (κ3) is 3.03. The van der Waals surface area contributed by atoms with Gasteiger partial charge in [0.15, 0.2) is 9.84 Å². The van der Waals surface area contributed by atoms with Crippen molar-refractivity contribution >= 4 is 37.1 Å². The van der Waals surface area contributed by atoms with Crippen LogP contribution in [-0.2, 0) is 9.84 Å². The third-order valence-electron chi connectivity index (χ3n) is 2.15. The van der Waals surface area contributed by atoms with E-state index in [1.54, 1.807) is 19.2 Å². The Morgan fingerprint density at radius 1 is 1.53 bits per heavy atom. The molecule has 0 aliphatic rings. The summed E-state index contributed by atoms with van der Waals surface area (Å²) in [6.07, 6.45) is 0.624. The molecule has 0 fully saturated rings. The SMILES string of the molecule is CCC(CNC)S(=O)(=O)c1ccc(Br)s1. The predicted molar refractivity (Wildman–Crippen MR) is 67.2 cm³/mol. The van der Waals surface area contributed by atoms with E-state index in [9.17, 15) is 8.42 Å². The quantitative estimate of drug-likeness (QED) is 0.907. The molecule has 0 bridgehead atoms. The minimum atomic E-state index is -3.17. The molecule has 1 atom stereocenters. The number of halogens is 1. The highest BCUT2D eigenvalue weighted by Gasteiger charge is 2.26. The monoisotopic (exact) mass is 311 g/mol. The molecule has 3 nitrogen and oxygen atoms in total. The smallest absolute Gasteiger partial charge is 0.191 e. The molecule has 0 aromatic carbocycles. The first-order valence-corrected chi connectivity index (χ1v) is 7.81. The highest BCUT2D eigenvalue weighted by molar-refractivity contribution is 9.11. The largest absolute Gasteiger partial charge is 0.318 e. The number of hydrogen-bond donors (Lipinski definition) is 1. The van der Waals surface area contributed by atoms with Gasteiger partial charge in [-0.25, -0.2) is 8.42 Å². The molecule has 0 aliphatic carbocycles. The van der Waals surface area contributed by atoms with Crippen molar-refractivity contribution in [2.75, 3.05) is 13.6 Å². The maximum absolute atomic E-state index is 12.1. The minimum absolute atomic E-state index is 0.340. The van der Waals surface area contributed by atoms with E-state index in [1.807, 2.05) is 6.92 Å². The van der Waals surface area contributed by atoms with E-state index in [-0.39, 0.29) is 5.25 Å². The molecule has 1 heterocycles. The first-order valence-electron chi connectivity index (χ1n) is 4.66. The minimum Gasteiger partial charge on any atom is -0.318 e. The second-order valence-corrected chi connectivity index (χ2v) is 8.11. The van der Waals surface area contributed by atoms with Gasteiger partial charge >= 0.3 is 0 Å². The molecule has 86 valence electrons. The molecule has 0 aliphatic heterocycles. The van der Waals surface area contributed by atoms with Gasteiger partial charge in [0.1, 0.15) is 4.21 Å². The van der Waals surface area contributed by atoms with E-state index in [4.69, 9.17) is 0 Å². The first-order chi connectivity index (χ1) is 7.02. The lowest BCUT2D eigenvalue weighted by Gasteiger charge is -2.13. The lowest BCUT2D eigenvalue weighted by molar-refractivity contribution is 0.570. The van der Waals surface area contributed by atoms with E-state index >= 15 is 0 Å². The zero-order chi connectivity index (χ0) is 11.5. The summed E-state index contributed by atoms with van der Waals surface area (Å²) in [5.74, 6) is 0. The van der Waals surface area contributed by atoms with E-state index in [0.29, 0.717) is 17.2 Å². The molecule has 1 rings (SSSR count). The molecule has 0 saturated heterocycles. The van der Waals surface area contributed by atoms with Crippen molar-refractivity contribution in [2.45, 2.75) is 22.8 Å². The highest BCUT2D eigenvalue weighted by Crippen LogP contribution is 2.29. The molecule has 0 radical (unpaired) electrons. The molecule has 1 unspecified atom stereocenters. The number of sulfone groups is 1. The van der Waals surface area contributed by atoms with Gasteiger partial charge in [0.2, 0.25) is 0 Å². The topological polar surface area (TPSA) is 46.2 Å². The second-order valence-electron chi connectivity index (χ2n) is 3.19. The fraction of sp³-hybridized carbons (Fsp3) is 0.556. The van der Waals surface area contributed by atoms with Gasteiger partial charge in [-0.2, -0.15) is 0 Å². The Labute approximate surface area is 103 Å². The molecule has 6 heteroatoms. The maximum atomic E-state index is 12.1. The number of hydrogen-bond acceptors (Lipinski definition) is 4. The Bertz CT molecular complexity index is 414.